The molecule has 2 amide bonds. The third-order valence-electron chi connectivity index (χ3n) is 6.67. The van der Waals surface area contributed by atoms with Crippen molar-refractivity contribution in [3.63, 3.8) is 0 Å². The highest BCUT2D eigenvalue weighted by molar-refractivity contribution is 7.92. The minimum Gasteiger partial charge on any atom is -0.368 e. The molecule has 1 aliphatic rings. The van der Waals surface area contributed by atoms with Gasteiger partial charge in [0.25, 0.3) is 5.91 Å². The minimum absolute atomic E-state index is 0.133. The summed E-state index contributed by atoms with van der Waals surface area (Å²) >= 11 is 12.3. The Morgan fingerprint density at radius 2 is 1.49 bits per heavy atom. The lowest BCUT2D eigenvalue weighted by Gasteiger charge is -2.49. The number of halogens is 2. The Bertz CT molecular complexity index is 1430. The molecule has 0 spiro atoms. The van der Waals surface area contributed by atoms with Crippen LogP contribution in [0.1, 0.15) is 40.0 Å². The maximum absolute atomic E-state index is 13.0. The largest absolute Gasteiger partial charge is 0.368 e. The van der Waals surface area contributed by atoms with Crippen LogP contribution in [0.15, 0.2) is 66.7 Å². The summed E-state index contributed by atoms with van der Waals surface area (Å²) in [5.74, 6) is -1.18. The van der Waals surface area contributed by atoms with Gasteiger partial charge in [-0.15, -0.1) is 0 Å². The molecule has 4 rings (SSSR count). The summed E-state index contributed by atoms with van der Waals surface area (Å²) in [4.78, 5) is 26.4. The fourth-order valence-corrected chi connectivity index (χ4v) is 6.21. The number of nitrogens with one attached hydrogen (secondary N) is 1. The number of hydrogen-bond donors (Lipinski definition) is 2. The van der Waals surface area contributed by atoms with E-state index in [0.29, 0.717) is 34.4 Å². The predicted octanol–water partition coefficient (Wildman–Crippen LogP) is 4.15. The zero-order valence-corrected chi connectivity index (χ0v) is 24.1. The Hall–Kier alpha value is -3.11. The standard InChI is InChI=1S/C28H30Cl2N4O4S/c1-17-12-21(28(36)32-18(2)27(31)35)14-24(13-17)34(39(3,37)38)25-15-33(16-25)26(19-4-8-22(29)9-5-19)20-6-10-23(30)11-7-20/h4-14,18,25-26H,15-16H2,1-3H3,(H2,31,35)(H,32,36). The Morgan fingerprint density at radius 3 is 1.95 bits per heavy atom. The number of benzene rings is 3. The molecule has 8 nitrogen and oxygen atoms in total. The molecule has 0 aliphatic carbocycles. The van der Waals surface area contributed by atoms with Crippen molar-refractivity contribution < 1.29 is 18.0 Å². The summed E-state index contributed by atoms with van der Waals surface area (Å²) < 4.78 is 27.4. The maximum atomic E-state index is 13.0. The molecule has 1 heterocycles. The van der Waals surface area contributed by atoms with Gasteiger partial charge in [-0.05, 0) is 73.0 Å². The van der Waals surface area contributed by atoms with Gasteiger partial charge in [-0.1, -0.05) is 47.5 Å². The quantitative estimate of drug-likeness (QED) is 0.390. The highest BCUT2D eigenvalue weighted by Gasteiger charge is 2.41. The van der Waals surface area contributed by atoms with Crippen molar-refractivity contribution in [1.29, 1.82) is 0 Å². The van der Waals surface area contributed by atoms with E-state index in [-0.39, 0.29) is 17.6 Å². The van der Waals surface area contributed by atoms with Crippen LogP contribution in [-0.4, -0.2) is 56.6 Å². The molecule has 39 heavy (non-hydrogen) atoms. The number of nitrogens with zero attached hydrogens (tertiary/aromatic N) is 2. The molecule has 1 aliphatic heterocycles. The van der Waals surface area contributed by atoms with E-state index in [4.69, 9.17) is 28.9 Å². The monoisotopic (exact) mass is 588 g/mol. The highest BCUT2D eigenvalue weighted by Crippen LogP contribution is 2.37. The predicted molar refractivity (Wildman–Crippen MR) is 155 cm³/mol. The van der Waals surface area contributed by atoms with Crippen molar-refractivity contribution in [1.82, 2.24) is 10.2 Å². The van der Waals surface area contributed by atoms with E-state index in [1.807, 2.05) is 48.5 Å². The molecule has 206 valence electrons. The van der Waals surface area contributed by atoms with Crippen molar-refractivity contribution in [2.24, 2.45) is 5.73 Å². The summed E-state index contributed by atoms with van der Waals surface area (Å²) in [7, 11) is -3.70. The Balaban J connectivity index is 1.63. The summed E-state index contributed by atoms with van der Waals surface area (Å²) in [6.45, 7) is 4.18. The van der Waals surface area contributed by atoms with E-state index in [0.717, 1.165) is 17.4 Å². The SMILES string of the molecule is Cc1cc(C(=O)NC(C)C(N)=O)cc(N(C2CN(C(c3ccc(Cl)cc3)c3ccc(Cl)cc3)C2)S(C)(=O)=O)c1. The molecule has 1 fully saturated rings. The minimum atomic E-state index is -3.70. The highest BCUT2D eigenvalue weighted by atomic mass is 35.5. The molecule has 0 radical (unpaired) electrons. The van der Waals surface area contributed by atoms with Gasteiger partial charge < -0.3 is 11.1 Å². The molecule has 0 saturated carbocycles. The average molecular weight is 590 g/mol. The molecule has 0 aromatic heterocycles. The second-order valence-corrected chi connectivity index (χ2v) is 12.6. The number of primary amides is 1. The molecule has 11 heteroatoms. The number of rotatable bonds is 9. The van der Waals surface area contributed by atoms with Crippen molar-refractivity contribution in [3.05, 3.63) is 99.0 Å². The first-order valence-corrected chi connectivity index (χ1v) is 14.9. The summed E-state index contributed by atoms with van der Waals surface area (Å²) in [5, 5.41) is 3.80. The first-order valence-electron chi connectivity index (χ1n) is 12.3. The van der Waals surface area contributed by atoms with Gasteiger partial charge in [0.1, 0.15) is 6.04 Å². The number of nitrogens with two attached hydrogens (primary N) is 1. The summed E-state index contributed by atoms with van der Waals surface area (Å²) in [5.41, 5.74) is 8.63. The first-order chi connectivity index (χ1) is 18.3. The van der Waals surface area contributed by atoms with Gasteiger partial charge in [-0.25, -0.2) is 8.42 Å². The number of hydrogen-bond acceptors (Lipinski definition) is 5. The van der Waals surface area contributed by atoms with Gasteiger partial charge in [0.2, 0.25) is 15.9 Å². The number of carbonyl (C=O) groups is 2. The van der Waals surface area contributed by atoms with Gasteiger partial charge in [0, 0.05) is 28.7 Å². The third-order valence-corrected chi connectivity index (χ3v) is 8.40. The van der Waals surface area contributed by atoms with E-state index in [9.17, 15) is 18.0 Å². The number of sulfonamides is 1. The molecule has 1 atom stereocenters. The van der Waals surface area contributed by atoms with E-state index in [1.165, 1.54) is 17.3 Å². The van der Waals surface area contributed by atoms with Crippen molar-refractivity contribution in [2.75, 3.05) is 23.7 Å². The lowest BCUT2D eigenvalue weighted by atomic mass is 9.93. The molecular weight excluding hydrogens is 559 g/mol. The van der Waals surface area contributed by atoms with Crippen LogP contribution in [0.25, 0.3) is 0 Å². The van der Waals surface area contributed by atoms with Crippen molar-refractivity contribution in [2.45, 2.75) is 32.0 Å². The van der Waals surface area contributed by atoms with Crippen molar-refractivity contribution >= 4 is 50.7 Å². The lowest BCUT2D eigenvalue weighted by molar-refractivity contribution is -0.119. The van der Waals surface area contributed by atoms with Gasteiger partial charge >= 0.3 is 0 Å². The van der Waals surface area contributed by atoms with Gasteiger partial charge in [0.15, 0.2) is 0 Å². The van der Waals surface area contributed by atoms with Crippen LogP contribution in [0.2, 0.25) is 10.0 Å². The van der Waals surface area contributed by atoms with Crippen LogP contribution in [0.3, 0.4) is 0 Å². The fourth-order valence-electron chi connectivity index (χ4n) is 4.80. The van der Waals surface area contributed by atoms with Crippen LogP contribution < -0.4 is 15.4 Å². The van der Waals surface area contributed by atoms with E-state index < -0.39 is 27.9 Å². The molecular formula is C28H30Cl2N4O4S. The van der Waals surface area contributed by atoms with Crippen LogP contribution in [-0.2, 0) is 14.8 Å². The van der Waals surface area contributed by atoms with E-state index in [2.05, 4.69) is 10.2 Å². The van der Waals surface area contributed by atoms with Crippen LogP contribution in [0.5, 0.6) is 0 Å². The number of amides is 2. The summed E-state index contributed by atoms with van der Waals surface area (Å²) in [6, 6.07) is 18.7. The number of aryl methyl sites for hydroxylation is 1. The maximum Gasteiger partial charge on any atom is 0.252 e. The number of anilines is 1. The smallest absolute Gasteiger partial charge is 0.252 e. The topological polar surface area (TPSA) is 113 Å². The Kier molecular flexibility index (Phi) is 8.56. The zero-order chi connectivity index (χ0) is 28.5. The number of carbonyl (C=O) groups excluding carboxylic acids is 2. The van der Waals surface area contributed by atoms with Crippen LogP contribution in [0, 0.1) is 6.92 Å². The Labute approximate surface area is 238 Å². The van der Waals surface area contributed by atoms with Gasteiger partial charge in [-0.3, -0.25) is 18.8 Å². The molecule has 3 aromatic carbocycles. The normalized spacial score (nSPS) is 15.0. The average Bonchev–Trinajstić information content (AvgIpc) is 2.83. The van der Waals surface area contributed by atoms with E-state index >= 15 is 0 Å². The van der Waals surface area contributed by atoms with Crippen LogP contribution in [0.4, 0.5) is 5.69 Å². The molecule has 1 saturated heterocycles. The lowest BCUT2D eigenvalue weighted by Crippen LogP contribution is -2.61. The fraction of sp³-hybridized carbons (Fsp3) is 0.286. The summed E-state index contributed by atoms with van der Waals surface area (Å²) in [6.07, 6.45) is 1.16. The zero-order valence-electron chi connectivity index (χ0n) is 21.8. The molecule has 3 N–H and O–H groups in total. The first kappa shape index (κ1) is 28.9. The Morgan fingerprint density at radius 1 is 0.974 bits per heavy atom. The van der Waals surface area contributed by atoms with E-state index in [1.54, 1.807) is 19.1 Å². The number of likely N-dealkylation sites (tertiary alicyclic amines) is 1. The third kappa shape index (κ3) is 6.73. The van der Waals surface area contributed by atoms with Gasteiger partial charge in [0.05, 0.1) is 24.0 Å². The van der Waals surface area contributed by atoms with Crippen LogP contribution >= 0.6 is 23.2 Å². The molecule has 3 aromatic rings. The molecule has 0 bridgehead atoms. The van der Waals surface area contributed by atoms with Gasteiger partial charge in [-0.2, -0.15) is 0 Å². The van der Waals surface area contributed by atoms with Crippen molar-refractivity contribution in [3.8, 4) is 0 Å². The second kappa shape index (κ2) is 11.6. The second-order valence-electron chi connectivity index (χ2n) is 9.83. The molecule has 1 unspecified atom stereocenters.